The number of carbonyl (C=O) groups excluding carboxylic acids is 1. The van der Waals surface area contributed by atoms with Gasteiger partial charge >= 0.3 is 0 Å². The Kier molecular flexibility index (Phi) is 3.45. The molecule has 0 spiro atoms. The monoisotopic (exact) mass is 265 g/mol. The molecule has 0 aliphatic rings. The summed E-state index contributed by atoms with van der Waals surface area (Å²) in [6.07, 6.45) is 0.429. The van der Waals surface area contributed by atoms with Gasteiger partial charge in [0.25, 0.3) is 0 Å². The Bertz CT molecular complexity index is 527. The summed E-state index contributed by atoms with van der Waals surface area (Å²) in [5, 5.41) is 0.925. The normalized spacial score (nSPS) is 10.8. The van der Waals surface area contributed by atoms with Crippen LogP contribution < -0.4 is 0 Å². The number of rotatable bonds is 3. The van der Waals surface area contributed by atoms with Gasteiger partial charge in [-0.05, 0) is 39.3 Å². The zero-order chi connectivity index (χ0) is 12.6. The fourth-order valence-electron chi connectivity index (χ4n) is 1.55. The molecule has 90 valence electrons. The molecule has 0 atom stereocenters. The van der Waals surface area contributed by atoms with E-state index in [-0.39, 0.29) is 5.78 Å². The quantitative estimate of drug-likeness (QED) is 0.789. The van der Waals surface area contributed by atoms with Crippen LogP contribution in [-0.4, -0.2) is 10.8 Å². The Labute approximate surface area is 109 Å². The number of ketones is 1. The van der Waals surface area contributed by atoms with Crippen LogP contribution in [0.1, 0.15) is 35.7 Å². The standard InChI is InChI=1S/C13H15NOS2/c1-7-5-12(16-9(7)3)11(15)6-13-14-8(2)10(4)17-13/h5H,6H2,1-4H3. The van der Waals surface area contributed by atoms with Crippen molar-refractivity contribution in [3.63, 3.8) is 0 Å². The number of thiazole rings is 1. The lowest BCUT2D eigenvalue weighted by Crippen LogP contribution is -2.00. The molecule has 0 saturated heterocycles. The molecule has 0 aromatic carbocycles. The maximum atomic E-state index is 12.1. The van der Waals surface area contributed by atoms with E-state index in [1.807, 2.05) is 26.8 Å². The minimum atomic E-state index is 0.181. The van der Waals surface area contributed by atoms with E-state index in [9.17, 15) is 4.79 Å². The molecule has 0 aliphatic heterocycles. The number of hydrogen-bond donors (Lipinski definition) is 0. The third-order valence-electron chi connectivity index (χ3n) is 2.83. The molecule has 0 unspecified atom stereocenters. The van der Waals surface area contributed by atoms with Crippen LogP contribution in [-0.2, 0) is 6.42 Å². The van der Waals surface area contributed by atoms with Crippen molar-refractivity contribution in [2.75, 3.05) is 0 Å². The zero-order valence-electron chi connectivity index (χ0n) is 10.5. The third-order valence-corrected chi connectivity index (χ3v) is 5.09. The molecule has 2 aromatic heterocycles. The summed E-state index contributed by atoms with van der Waals surface area (Å²) < 4.78 is 0. The summed E-state index contributed by atoms with van der Waals surface area (Å²) >= 11 is 3.20. The van der Waals surface area contributed by atoms with E-state index in [1.54, 1.807) is 22.7 Å². The van der Waals surface area contributed by atoms with E-state index in [0.29, 0.717) is 6.42 Å². The first-order valence-electron chi connectivity index (χ1n) is 5.50. The molecule has 0 N–H and O–H groups in total. The second-order valence-corrected chi connectivity index (χ2v) is 6.74. The molecule has 2 aromatic rings. The van der Waals surface area contributed by atoms with Gasteiger partial charge in [0.1, 0.15) is 5.01 Å². The summed E-state index contributed by atoms with van der Waals surface area (Å²) in [6, 6.07) is 1.98. The highest BCUT2D eigenvalue weighted by atomic mass is 32.1. The van der Waals surface area contributed by atoms with Crippen molar-refractivity contribution in [3.8, 4) is 0 Å². The van der Waals surface area contributed by atoms with Crippen molar-refractivity contribution in [2.45, 2.75) is 34.1 Å². The lowest BCUT2D eigenvalue weighted by atomic mass is 10.2. The fraction of sp³-hybridized carbons (Fsp3) is 0.385. The van der Waals surface area contributed by atoms with Crippen molar-refractivity contribution in [3.05, 3.63) is 37.0 Å². The molecule has 2 rings (SSSR count). The SMILES string of the molecule is Cc1cc(C(=O)Cc2nc(C)c(C)s2)sc1C. The maximum absolute atomic E-state index is 12.1. The Morgan fingerprint density at radius 1 is 1.18 bits per heavy atom. The van der Waals surface area contributed by atoms with Gasteiger partial charge in [-0.3, -0.25) is 4.79 Å². The minimum Gasteiger partial charge on any atom is -0.293 e. The smallest absolute Gasteiger partial charge is 0.179 e. The highest BCUT2D eigenvalue weighted by Gasteiger charge is 2.14. The zero-order valence-corrected chi connectivity index (χ0v) is 12.1. The minimum absolute atomic E-state index is 0.181. The van der Waals surface area contributed by atoms with Gasteiger partial charge in [0.2, 0.25) is 0 Å². The van der Waals surface area contributed by atoms with Crippen LogP contribution in [0, 0.1) is 27.7 Å². The van der Waals surface area contributed by atoms with Gasteiger partial charge in [0, 0.05) is 9.75 Å². The Hall–Kier alpha value is -1.00. The first kappa shape index (κ1) is 12.5. The topological polar surface area (TPSA) is 30.0 Å². The first-order chi connectivity index (χ1) is 7.97. The van der Waals surface area contributed by atoms with Gasteiger partial charge in [0.15, 0.2) is 5.78 Å². The molecular formula is C13H15NOS2. The van der Waals surface area contributed by atoms with Crippen molar-refractivity contribution in [1.82, 2.24) is 4.98 Å². The van der Waals surface area contributed by atoms with E-state index < -0.39 is 0 Å². The summed E-state index contributed by atoms with van der Waals surface area (Å²) in [4.78, 5) is 19.8. The van der Waals surface area contributed by atoms with Gasteiger partial charge < -0.3 is 0 Å². The van der Waals surface area contributed by atoms with E-state index in [4.69, 9.17) is 0 Å². The summed E-state index contributed by atoms with van der Waals surface area (Å²) in [7, 11) is 0. The molecule has 0 amide bonds. The predicted molar refractivity (Wildman–Crippen MR) is 73.4 cm³/mol. The van der Waals surface area contributed by atoms with E-state index in [0.717, 1.165) is 15.6 Å². The third kappa shape index (κ3) is 2.64. The van der Waals surface area contributed by atoms with Gasteiger partial charge in [-0.2, -0.15) is 0 Å². The second-order valence-electron chi connectivity index (χ2n) is 4.20. The highest BCUT2D eigenvalue weighted by molar-refractivity contribution is 7.14. The Morgan fingerprint density at radius 3 is 2.35 bits per heavy atom. The fourth-order valence-corrected chi connectivity index (χ4v) is 3.45. The Morgan fingerprint density at radius 2 is 1.88 bits per heavy atom. The van der Waals surface area contributed by atoms with Crippen molar-refractivity contribution >= 4 is 28.5 Å². The van der Waals surface area contributed by atoms with Gasteiger partial charge in [-0.1, -0.05) is 0 Å². The average Bonchev–Trinajstić information content (AvgIpc) is 2.73. The van der Waals surface area contributed by atoms with Crippen LogP contribution in [0.4, 0.5) is 0 Å². The lowest BCUT2D eigenvalue weighted by molar-refractivity contribution is 0.0996. The number of nitrogens with zero attached hydrogens (tertiary/aromatic N) is 1. The number of aromatic nitrogens is 1. The second kappa shape index (κ2) is 4.70. The molecule has 0 saturated carbocycles. The molecule has 0 bridgehead atoms. The van der Waals surface area contributed by atoms with Gasteiger partial charge in [-0.25, -0.2) is 4.98 Å². The van der Waals surface area contributed by atoms with E-state index in [1.165, 1.54) is 15.3 Å². The van der Waals surface area contributed by atoms with Crippen LogP contribution >= 0.6 is 22.7 Å². The van der Waals surface area contributed by atoms with Crippen LogP contribution in [0.25, 0.3) is 0 Å². The average molecular weight is 265 g/mol. The molecular weight excluding hydrogens is 250 g/mol. The molecule has 0 fully saturated rings. The Balaban J connectivity index is 2.16. The van der Waals surface area contributed by atoms with E-state index in [2.05, 4.69) is 11.9 Å². The van der Waals surface area contributed by atoms with Crippen LogP contribution in [0.3, 0.4) is 0 Å². The van der Waals surface area contributed by atoms with Crippen LogP contribution in [0.15, 0.2) is 6.07 Å². The molecule has 2 heterocycles. The summed E-state index contributed by atoms with van der Waals surface area (Å²) in [5.74, 6) is 0.181. The first-order valence-corrected chi connectivity index (χ1v) is 7.14. The molecule has 17 heavy (non-hydrogen) atoms. The number of carbonyl (C=O) groups is 1. The number of hydrogen-bond acceptors (Lipinski definition) is 4. The number of aryl methyl sites for hydroxylation is 4. The van der Waals surface area contributed by atoms with Crippen molar-refractivity contribution < 1.29 is 4.79 Å². The number of Topliss-reactive ketones (excluding diaryl/α,β-unsaturated/α-hetero) is 1. The predicted octanol–water partition coefficient (Wildman–Crippen LogP) is 3.86. The lowest BCUT2D eigenvalue weighted by Gasteiger charge is -1.93. The van der Waals surface area contributed by atoms with Gasteiger partial charge in [-0.15, -0.1) is 22.7 Å². The van der Waals surface area contributed by atoms with Gasteiger partial charge in [0.05, 0.1) is 17.0 Å². The largest absolute Gasteiger partial charge is 0.293 e. The maximum Gasteiger partial charge on any atom is 0.179 e. The molecule has 0 aliphatic carbocycles. The van der Waals surface area contributed by atoms with Crippen molar-refractivity contribution in [2.24, 2.45) is 0 Å². The molecule has 2 nitrogen and oxygen atoms in total. The van der Waals surface area contributed by atoms with Crippen LogP contribution in [0.5, 0.6) is 0 Å². The van der Waals surface area contributed by atoms with E-state index >= 15 is 0 Å². The number of thiophene rings is 1. The summed E-state index contributed by atoms with van der Waals surface area (Å²) in [6.45, 7) is 8.12. The van der Waals surface area contributed by atoms with Crippen molar-refractivity contribution in [1.29, 1.82) is 0 Å². The van der Waals surface area contributed by atoms with Crippen LogP contribution in [0.2, 0.25) is 0 Å². The molecule has 0 radical (unpaired) electrons. The summed E-state index contributed by atoms with van der Waals surface area (Å²) in [5.41, 5.74) is 2.24. The molecule has 4 heteroatoms. The highest BCUT2D eigenvalue weighted by Crippen LogP contribution is 2.24.